The number of aryl methyl sites for hydroxylation is 2. The Labute approximate surface area is 232 Å². The Balaban J connectivity index is 1.97. The molecule has 39 heavy (non-hydrogen) atoms. The Bertz CT molecular complexity index is 1590. The second kappa shape index (κ2) is 11.0. The van der Waals surface area contributed by atoms with Gasteiger partial charge in [0.05, 0.1) is 30.5 Å². The van der Waals surface area contributed by atoms with Gasteiger partial charge < -0.3 is 14.3 Å². The first kappa shape index (κ1) is 28.7. The van der Waals surface area contributed by atoms with Gasteiger partial charge in [0.1, 0.15) is 11.5 Å². The van der Waals surface area contributed by atoms with Gasteiger partial charge in [-0.25, -0.2) is 4.98 Å². The summed E-state index contributed by atoms with van der Waals surface area (Å²) < 4.78 is 73.2. The fourth-order valence-electron chi connectivity index (χ4n) is 4.55. The largest absolute Gasteiger partial charge is 0.516 e. The second-order valence-corrected chi connectivity index (χ2v) is 11.3. The van der Waals surface area contributed by atoms with Crippen LogP contribution in [0.5, 0.6) is 0 Å². The lowest BCUT2D eigenvalue weighted by molar-refractivity contribution is -0.0429. The molecule has 0 saturated carbocycles. The Morgan fingerprint density at radius 3 is 2.51 bits per heavy atom. The summed E-state index contributed by atoms with van der Waals surface area (Å²) in [5.41, 5.74) is -2.15. The molecule has 1 aromatic carbocycles. The molecule has 0 unspecified atom stereocenters. The maximum absolute atomic E-state index is 13.2. The standard InChI is InChI=1S/C26H26BrF3N4O4S/c1-4-8-21-32-15(3)24(25(35)31-5-2)34(21)13-18-16-11-12-38-14-19(16)23(27)22(18)17-9-6-7-10-20(17)33-39(36,37)26(28,29)30/h6-7,9-12,14,33H,4-5,8,13H2,1-3H3,(H,31,35). The van der Waals surface area contributed by atoms with Crippen LogP contribution in [0.15, 0.2) is 51.7 Å². The Morgan fingerprint density at radius 1 is 1.13 bits per heavy atom. The third kappa shape index (κ3) is 5.42. The molecule has 13 heteroatoms. The number of fused-ring (bicyclic) bond motifs is 1. The number of para-hydroxylation sites is 1. The zero-order valence-corrected chi connectivity index (χ0v) is 23.7. The van der Waals surface area contributed by atoms with Crippen LogP contribution in [-0.2, 0) is 23.0 Å². The number of sulfonamides is 1. The first-order valence-electron chi connectivity index (χ1n) is 12.1. The predicted molar refractivity (Wildman–Crippen MR) is 145 cm³/mol. The van der Waals surface area contributed by atoms with Gasteiger partial charge in [-0.15, -0.1) is 0 Å². The van der Waals surface area contributed by atoms with Gasteiger partial charge in [0.25, 0.3) is 5.91 Å². The van der Waals surface area contributed by atoms with Crippen LogP contribution < -0.4 is 10.0 Å². The summed E-state index contributed by atoms with van der Waals surface area (Å²) in [7, 11) is -5.68. The summed E-state index contributed by atoms with van der Waals surface area (Å²) in [4.78, 5) is 17.7. The van der Waals surface area contributed by atoms with Gasteiger partial charge in [0.2, 0.25) is 0 Å². The van der Waals surface area contributed by atoms with Gasteiger partial charge in [0, 0.05) is 34.1 Å². The molecule has 8 nitrogen and oxygen atoms in total. The lowest BCUT2D eigenvalue weighted by Crippen LogP contribution is -2.30. The van der Waals surface area contributed by atoms with E-state index in [-0.39, 0.29) is 23.7 Å². The number of benzene rings is 1. The summed E-state index contributed by atoms with van der Waals surface area (Å²) in [6.07, 6.45) is 4.32. The summed E-state index contributed by atoms with van der Waals surface area (Å²) in [6, 6.07) is 7.56. The first-order valence-corrected chi connectivity index (χ1v) is 14.4. The van der Waals surface area contributed by atoms with Crippen molar-refractivity contribution in [2.24, 2.45) is 0 Å². The number of carbonyl (C=O) groups excluding carboxylic acids is 1. The number of rotatable bonds is 9. The van der Waals surface area contributed by atoms with Crippen molar-refractivity contribution in [1.29, 1.82) is 0 Å². The van der Waals surface area contributed by atoms with Gasteiger partial charge in [-0.2, -0.15) is 21.6 Å². The van der Waals surface area contributed by atoms with Gasteiger partial charge in [-0.05, 0) is 59.5 Å². The molecule has 0 fully saturated rings. The van der Waals surface area contributed by atoms with Gasteiger partial charge in [0.15, 0.2) is 0 Å². The second-order valence-electron chi connectivity index (χ2n) is 8.81. The molecule has 1 aromatic heterocycles. The minimum Gasteiger partial charge on any atom is -0.472 e. The number of halogens is 4. The van der Waals surface area contributed by atoms with E-state index in [0.29, 0.717) is 56.9 Å². The summed E-state index contributed by atoms with van der Waals surface area (Å²) in [5, 5.41) is 2.81. The Hall–Kier alpha value is -3.32. The number of anilines is 1. The number of amides is 1. The van der Waals surface area contributed by atoms with Crippen molar-refractivity contribution in [3.05, 3.63) is 70.1 Å². The monoisotopic (exact) mass is 626 g/mol. The van der Waals surface area contributed by atoms with Crippen molar-refractivity contribution in [1.82, 2.24) is 14.9 Å². The van der Waals surface area contributed by atoms with E-state index in [1.54, 1.807) is 28.3 Å². The molecule has 0 atom stereocenters. The van der Waals surface area contributed by atoms with Crippen LogP contribution in [-0.4, -0.2) is 35.9 Å². The molecular formula is C26H26BrF3N4O4S. The maximum atomic E-state index is 13.2. The van der Waals surface area contributed by atoms with Crippen LogP contribution >= 0.6 is 15.9 Å². The number of hydrogen-bond acceptors (Lipinski definition) is 5. The number of nitrogens with one attached hydrogen (secondary N) is 2. The molecule has 2 aromatic rings. The maximum Gasteiger partial charge on any atom is 0.516 e. The zero-order valence-electron chi connectivity index (χ0n) is 21.3. The number of alkyl halides is 3. The van der Waals surface area contributed by atoms with Crippen molar-refractivity contribution in [2.45, 2.75) is 45.7 Å². The third-order valence-corrected chi connectivity index (χ3v) is 8.10. The Kier molecular flexibility index (Phi) is 8.12. The first-order chi connectivity index (χ1) is 18.4. The third-order valence-electron chi connectivity index (χ3n) is 6.18. The van der Waals surface area contributed by atoms with Gasteiger partial charge >= 0.3 is 15.5 Å². The Morgan fingerprint density at radius 2 is 1.85 bits per heavy atom. The van der Waals surface area contributed by atoms with E-state index in [4.69, 9.17) is 4.42 Å². The van der Waals surface area contributed by atoms with Crippen molar-refractivity contribution in [2.75, 3.05) is 11.3 Å². The number of aromatic nitrogens is 2. The lowest BCUT2D eigenvalue weighted by Gasteiger charge is -2.17. The van der Waals surface area contributed by atoms with Crippen molar-refractivity contribution < 1.29 is 30.8 Å². The minimum absolute atomic E-state index is 0.143. The van der Waals surface area contributed by atoms with Crippen LogP contribution in [0, 0.1) is 6.92 Å². The fourth-order valence-corrected chi connectivity index (χ4v) is 5.89. The molecule has 0 saturated heterocycles. The van der Waals surface area contributed by atoms with Crippen molar-refractivity contribution in [3.63, 3.8) is 0 Å². The topological polar surface area (TPSA) is 106 Å². The van der Waals surface area contributed by atoms with E-state index in [9.17, 15) is 26.4 Å². The van der Waals surface area contributed by atoms with Crippen molar-refractivity contribution in [3.8, 4) is 22.3 Å². The molecule has 208 valence electrons. The van der Waals surface area contributed by atoms with Crippen LogP contribution in [0.2, 0.25) is 0 Å². The highest BCUT2D eigenvalue weighted by molar-refractivity contribution is 9.10. The van der Waals surface area contributed by atoms with Crippen LogP contribution in [0.25, 0.3) is 22.3 Å². The normalized spacial score (nSPS) is 12.2. The summed E-state index contributed by atoms with van der Waals surface area (Å²) in [6.45, 7) is 6.11. The van der Waals surface area contributed by atoms with E-state index in [1.165, 1.54) is 30.7 Å². The lowest BCUT2D eigenvalue weighted by atomic mass is 10.0. The number of carbonyl (C=O) groups is 1. The molecule has 1 amide bonds. The highest BCUT2D eigenvalue weighted by Gasteiger charge is 2.46. The molecule has 4 rings (SSSR count). The molecule has 0 bridgehead atoms. The number of nitrogens with zero attached hydrogens (tertiary/aromatic N) is 2. The van der Waals surface area contributed by atoms with E-state index in [0.717, 1.165) is 6.42 Å². The van der Waals surface area contributed by atoms with Crippen molar-refractivity contribution >= 4 is 37.5 Å². The van der Waals surface area contributed by atoms with E-state index < -0.39 is 15.5 Å². The number of imidazole rings is 1. The minimum atomic E-state index is -5.68. The highest BCUT2D eigenvalue weighted by Crippen LogP contribution is 2.48. The van der Waals surface area contributed by atoms with Gasteiger partial charge in [-0.1, -0.05) is 25.1 Å². The smallest absolute Gasteiger partial charge is 0.472 e. The molecule has 0 radical (unpaired) electrons. The van der Waals surface area contributed by atoms with E-state index in [2.05, 4.69) is 26.2 Å². The molecule has 2 aliphatic rings. The number of hydrogen-bond donors (Lipinski definition) is 2. The van der Waals surface area contributed by atoms with E-state index in [1.807, 2.05) is 13.8 Å². The molecular weight excluding hydrogens is 601 g/mol. The quantitative estimate of drug-likeness (QED) is 0.226. The van der Waals surface area contributed by atoms with Crippen LogP contribution in [0.1, 0.15) is 47.8 Å². The van der Waals surface area contributed by atoms with Crippen LogP contribution in [0.3, 0.4) is 0 Å². The SMILES string of the molecule is CCCc1nc(C)c(C(=O)NCC)n1Cc1c2ccocc-2c(Br)c1-c1ccccc1NS(=O)(=O)C(F)(F)F. The fraction of sp³-hybridized carbons (Fsp3) is 0.308. The average molecular weight is 627 g/mol. The predicted octanol–water partition coefficient (Wildman–Crippen LogP) is 6.33. The molecule has 2 heterocycles. The summed E-state index contributed by atoms with van der Waals surface area (Å²) >= 11 is 3.57. The zero-order chi connectivity index (χ0) is 28.5. The van der Waals surface area contributed by atoms with E-state index >= 15 is 0 Å². The highest BCUT2D eigenvalue weighted by atomic mass is 79.9. The summed E-state index contributed by atoms with van der Waals surface area (Å²) in [5.74, 6) is 0.383. The van der Waals surface area contributed by atoms with Crippen LogP contribution in [0.4, 0.5) is 18.9 Å². The van der Waals surface area contributed by atoms with Gasteiger partial charge in [-0.3, -0.25) is 9.52 Å². The molecule has 1 aliphatic heterocycles. The molecule has 0 spiro atoms. The molecule has 2 N–H and O–H groups in total. The molecule has 1 aliphatic carbocycles. The average Bonchev–Trinajstić information content (AvgIpc) is 3.32.